The number of aliphatic carboxylic acids is 1. The summed E-state index contributed by atoms with van der Waals surface area (Å²) < 4.78 is 5.16. The highest BCUT2D eigenvalue weighted by molar-refractivity contribution is 6.00. The third kappa shape index (κ3) is 2.47. The average Bonchev–Trinajstić information content (AvgIpc) is 2.96. The second kappa shape index (κ2) is 5.37. The molecule has 1 fully saturated rings. The van der Waals surface area contributed by atoms with Crippen LogP contribution in [0.3, 0.4) is 0 Å². The van der Waals surface area contributed by atoms with Crippen molar-refractivity contribution < 1.29 is 19.4 Å². The number of ether oxygens (including phenoxy) is 1. The molecule has 1 atom stereocenters. The molecule has 0 aromatic heterocycles. The summed E-state index contributed by atoms with van der Waals surface area (Å²) in [5, 5.41) is 15.3. The fourth-order valence-electron chi connectivity index (χ4n) is 2.89. The van der Waals surface area contributed by atoms with Crippen LogP contribution < -0.4 is 10.6 Å². The third-order valence-corrected chi connectivity index (χ3v) is 4.12. The minimum atomic E-state index is -1.30. The van der Waals surface area contributed by atoms with Crippen LogP contribution in [0.2, 0.25) is 0 Å². The number of nitrogens with one attached hydrogen (secondary N) is 2. The summed E-state index contributed by atoms with van der Waals surface area (Å²) in [6, 6.07) is 5.49. The Bertz CT molecular complexity index is 579. The molecule has 1 aromatic rings. The van der Waals surface area contributed by atoms with Crippen molar-refractivity contribution in [2.75, 3.05) is 25.1 Å². The van der Waals surface area contributed by atoms with Gasteiger partial charge in [0.05, 0.1) is 6.61 Å². The van der Waals surface area contributed by atoms with E-state index >= 15 is 0 Å². The molecular weight excluding hydrogens is 272 g/mol. The van der Waals surface area contributed by atoms with Gasteiger partial charge in [0.15, 0.2) is 5.54 Å². The number of carboxylic acids is 1. The van der Waals surface area contributed by atoms with Crippen molar-refractivity contribution in [3.05, 3.63) is 29.3 Å². The van der Waals surface area contributed by atoms with Crippen LogP contribution in [-0.4, -0.2) is 42.3 Å². The Morgan fingerprint density at radius 2 is 2.24 bits per heavy atom. The first-order chi connectivity index (χ1) is 10.1. The van der Waals surface area contributed by atoms with Gasteiger partial charge >= 0.3 is 5.97 Å². The maximum atomic E-state index is 12.5. The molecule has 21 heavy (non-hydrogen) atoms. The molecule has 0 bridgehead atoms. The summed E-state index contributed by atoms with van der Waals surface area (Å²) in [4.78, 5) is 24.0. The quantitative estimate of drug-likeness (QED) is 0.773. The first kappa shape index (κ1) is 13.9. The number of benzene rings is 1. The van der Waals surface area contributed by atoms with Crippen LogP contribution in [0, 0.1) is 0 Å². The van der Waals surface area contributed by atoms with E-state index in [1.165, 1.54) is 0 Å². The van der Waals surface area contributed by atoms with Crippen molar-refractivity contribution in [2.24, 2.45) is 0 Å². The largest absolute Gasteiger partial charge is 0.479 e. The van der Waals surface area contributed by atoms with Gasteiger partial charge in [0.1, 0.15) is 0 Å². The van der Waals surface area contributed by atoms with E-state index in [1.807, 2.05) is 12.1 Å². The molecule has 2 aliphatic rings. The minimum absolute atomic E-state index is 0.0152. The smallest absolute Gasteiger partial charge is 0.331 e. The predicted molar refractivity (Wildman–Crippen MR) is 76.5 cm³/mol. The summed E-state index contributed by atoms with van der Waals surface area (Å²) in [5.74, 6) is -1.39. The van der Waals surface area contributed by atoms with Gasteiger partial charge < -0.3 is 20.5 Å². The monoisotopic (exact) mass is 290 g/mol. The van der Waals surface area contributed by atoms with Crippen LogP contribution in [0.15, 0.2) is 18.2 Å². The fourth-order valence-corrected chi connectivity index (χ4v) is 2.89. The molecule has 3 N–H and O–H groups in total. The maximum absolute atomic E-state index is 12.5. The maximum Gasteiger partial charge on any atom is 0.331 e. The van der Waals surface area contributed by atoms with Gasteiger partial charge in [-0.3, -0.25) is 4.79 Å². The van der Waals surface area contributed by atoms with E-state index in [-0.39, 0.29) is 12.5 Å². The molecule has 0 spiro atoms. The Kier molecular flexibility index (Phi) is 3.55. The molecule has 0 radical (unpaired) electrons. The summed E-state index contributed by atoms with van der Waals surface area (Å²) >= 11 is 0. The van der Waals surface area contributed by atoms with Crippen LogP contribution in [0.5, 0.6) is 0 Å². The number of hydrogen-bond acceptors (Lipinski definition) is 4. The Balaban J connectivity index is 1.87. The average molecular weight is 290 g/mol. The zero-order valence-corrected chi connectivity index (χ0v) is 11.6. The third-order valence-electron chi connectivity index (χ3n) is 4.12. The Labute approximate surface area is 122 Å². The van der Waals surface area contributed by atoms with E-state index in [0.717, 1.165) is 30.6 Å². The summed E-state index contributed by atoms with van der Waals surface area (Å²) in [7, 11) is 0. The first-order valence-electron chi connectivity index (χ1n) is 7.12. The Hall–Kier alpha value is -2.08. The van der Waals surface area contributed by atoms with Gasteiger partial charge in [0, 0.05) is 30.8 Å². The molecule has 2 heterocycles. The number of rotatable bonds is 3. The number of carbonyl (C=O) groups excluding carboxylic acids is 1. The van der Waals surface area contributed by atoms with Crippen LogP contribution in [0.1, 0.15) is 28.8 Å². The lowest BCUT2D eigenvalue weighted by atomic mass is 9.94. The van der Waals surface area contributed by atoms with Crippen molar-refractivity contribution in [2.45, 2.75) is 24.8 Å². The molecule has 1 saturated heterocycles. The number of amides is 1. The first-order valence-corrected chi connectivity index (χ1v) is 7.12. The van der Waals surface area contributed by atoms with Crippen molar-refractivity contribution >= 4 is 17.6 Å². The zero-order chi connectivity index (χ0) is 14.9. The van der Waals surface area contributed by atoms with Gasteiger partial charge in [-0.1, -0.05) is 6.07 Å². The van der Waals surface area contributed by atoms with Gasteiger partial charge in [0.2, 0.25) is 0 Å². The molecule has 3 rings (SSSR count). The van der Waals surface area contributed by atoms with Crippen molar-refractivity contribution in [1.29, 1.82) is 0 Å². The molecule has 6 heteroatoms. The molecule has 6 nitrogen and oxygen atoms in total. The topological polar surface area (TPSA) is 87.7 Å². The summed E-state index contributed by atoms with van der Waals surface area (Å²) in [6.07, 6.45) is 2.08. The van der Waals surface area contributed by atoms with Crippen LogP contribution in [0.4, 0.5) is 5.69 Å². The molecule has 1 unspecified atom stereocenters. The molecule has 0 saturated carbocycles. The minimum Gasteiger partial charge on any atom is -0.479 e. The number of fused-ring (bicyclic) bond motifs is 1. The summed E-state index contributed by atoms with van der Waals surface area (Å²) in [5.41, 5.74) is 1.16. The van der Waals surface area contributed by atoms with Crippen molar-refractivity contribution in [3.8, 4) is 0 Å². The molecule has 2 aliphatic heterocycles. The lowest BCUT2D eigenvalue weighted by molar-refractivity contribution is -0.144. The number of carboxylic acid groups (broad SMARTS) is 1. The van der Waals surface area contributed by atoms with Crippen LogP contribution in [0.25, 0.3) is 0 Å². The van der Waals surface area contributed by atoms with E-state index in [9.17, 15) is 14.7 Å². The van der Waals surface area contributed by atoms with Gasteiger partial charge in [-0.25, -0.2) is 4.79 Å². The second-order valence-electron chi connectivity index (χ2n) is 5.51. The highest BCUT2D eigenvalue weighted by Gasteiger charge is 2.44. The highest BCUT2D eigenvalue weighted by Crippen LogP contribution is 2.26. The predicted octanol–water partition coefficient (Wildman–Crippen LogP) is 1.02. The van der Waals surface area contributed by atoms with E-state index in [0.29, 0.717) is 18.6 Å². The van der Waals surface area contributed by atoms with Gasteiger partial charge in [-0.05, 0) is 30.5 Å². The van der Waals surface area contributed by atoms with Gasteiger partial charge in [-0.15, -0.1) is 0 Å². The Morgan fingerprint density at radius 1 is 1.38 bits per heavy atom. The van der Waals surface area contributed by atoms with Crippen molar-refractivity contribution in [1.82, 2.24) is 5.32 Å². The summed E-state index contributed by atoms with van der Waals surface area (Å²) in [6.45, 7) is 1.26. The second-order valence-corrected chi connectivity index (χ2v) is 5.51. The molecular formula is C15H18N2O4. The molecule has 1 aromatic carbocycles. The molecule has 1 amide bonds. The fraction of sp³-hybridized carbons (Fsp3) is 0.467. The number of carbonyl (C=O) groups is 2. The molecule has 0 aliphatic carbocycles. The molecule has 112 valence electrons. The van der Waals surface area contributed by atoms with Gasteiger partial charge in [0.25, 0.3) is 5.91 Å². The van der Waals surface area contributed by atoms with E-state index < -0.39 is 11.5 Å². The number of anilines is 1. The SMILES string of the molecule is O=C(NC1(C(=O)O)CCOC1)c1cccc2c1CCCN2. The number of hydrogen-bond donors (Lipinski definition) is 3. The zero-order valence-electron chi connectivity index (χ0n) is 11.6. The van der Waals surface area contributed by atoms with E-state index in [4.69, 9.17) is 4.74 Å². The van der Waals surface area contributed by atoms with Gasteiger partial charge in [-0.2, -0.15) is 0 Å². The lowest BCUT2D eigenvalue weighted by Crippen LogP contribution is -2.55. The normalized spacial score (nSPS) is 24.0. The highest BCUT2D eigenvalue weighted by atomic mass is 16.5. The van der Waals surface area contributed by atoms with E-state index in [1.54, 1.807) is 6.07 Å². The van der Waals surface area contributed by atoms with Crippen molar-refractivity contribution in [3.63, 3.8) is 0 Å². The van der Waals surface area contributed by atoms with Crippen LogP contribution in [-0.2, 0) is 16.0 Å². The standard InChI is InChI=1S/C15H18N2O4/c18-13(17-15(14(19)20)6-8-21-9-15)11-3-1-5-12-10(11)4-2-7-16-12/h1,3,5,16H,2,4,6-9H2,(H,17,18)(H,19,20). The Morgan fingerprint density at radius 3 is 2.95 bits per heavy atom. The van der Waals surface area contributed by atoms with Crippen LogP contribution >= 0.6 is 0 Å². The van der Waals surface area contributed by atoms with E-state index in [2.05, 4.69) is 10.6 Å². The lowest BCUT2D eigenvalue weighted by Gasteiger charge is -2.26.